The fraction of sp³-hybridized carbons (Fsp3) is 0. The predicted molar refractivity (Wildman–Crippen MR) is 248 cm³/mol. The number of benzene rings is 10. The van der Waals surface area contributed by atoms with E-state index in [9.17, 15) is 0 Å². The Morgan fingerprint density at radius 2 is 0.900 bits per heavy atom. The van der Waals surface area contributed by atoms with Gasteiger partial charge in [-0.2, -0.15) is 0 Å². The maximum Gasteiger partial charge on any atom is 0.164 e. The Balaban J connectivity index is 1.11. The summed E-state index contributed by atoms with van der Waals surface area (Å²) < 4.78 is 9.30. The van der Waals surface area contributed by atoms with Gasteiger partial charge in [0.25, 0.3) is 0 Å². The average Bonchev–Trinajstić information content (AvgIpc) is 3.84. The van der Waals surface area contributed by atoms with Crippen LogP contribution in [-0.2, 0) is 0 Å². The summed E-state index contributed by atoms with van der Waals surface area (Å²) in [5.74, 6) is 1.82. The van der Waals surface area contributed by atoms with Crippen molar-refractivity contribution in [2.45, 2.75) is 0 Å². The van der Waals surface area contributed by atoms with E-state index in [0.29, 0.717) is 17.5 Å². The van der Waals surface area contributed by atoms with Gasteiger partial charge in [-0.3, -0.25) is 0 Å². The van der Waals surface area contributed by atoms with Gasteiger partial charge in [0.05, 0.1) is 11.0 Å². The molecular formula is C55H32N4O. The Kier molecular flexibility index (Phi) is 6.95. The van der Waals surface area contributed by atoms with Crippen molar-refractivity contribution >= 4 is 86.8 Å². The van der Waals surface area contributed by atoms with E-state index in [-0.39, 0.29) is 0 Å². The second-order valence-electron chi connectivity index (χ2n) is 15.6. The molecule has 0 atom stereocenters. The molecule has 0 N–H and O–H groups in total. The lowest BCUT2D eigenvalue weighted by Gasteiger charge is -2.11. The lowest BCUT2D eigenvalue weighted by Crippen LogP contribution is -2.00. The lowest BCUT2D eigenvalue weighted by molar-refractivity contribution is 0.672. The number of rotatable bonds is 4. The SMILES string of the molecule is c1ccc(-c2nc(-c3ccc4ccccc4c3)nc(-c3cc4ccccc4c4oc5ccc(-n6c7cc8ccccc8cc7c7cc8ccccc8cc76)cc5c34)n2)cc1. The van der Waals surface area contributed by atoms with Crippen molar-refractivity contribution in [3.63, 3.8) is 0 Å². The molecule has 13 rings (SSSR count). The third-order valence-corrected chi connectivity index (χ3v) is 12.1. The zero-order valence-electron chi connectivity index (χ0n) is 32.2. The van der Waals surface area contributed by atoms with Gasteiger partial charge < -0.3 is 8.98 Å². The topological polar surface area (TPSA) is 56.7 Å². The van der Waals surface area contributed by atoms with Gasteiger partial charge in [0, 0.05) is 49.3 Å². The number of fused-ring (bicyclic) bond motifs is 11. The molecule has 3 aromatic heterocycles. The highest BCUT2D eigenvalue weighted by Gasteiger charge is 2.22. The van der Waals surface area contributed by atoms with Gasteiger partial charge in [-0.15, -0.1) is 0 Å². The van der Waals surface area contributed by atoms with Crippen LogP contribution >= 0.6 is 0 Å². The van der Waals surface area contributed by atoms with Gasteiger partial charge in [-0.05, 0) is 92.3 Å². The first-order valence-corrected chi connectivity index (χ1v) is 20.3. The molecule has 0 amide bonds. The molecule has 0 radical (unpaired) electrons. The molecular weight excluding hydrogens is 733 g/mol. The van der Waals surface area contributed by atoms with Crippen LogP contribution in [0.3, 0.4) is 0 Å². The predicted octanol–water partition coefficient (Wildman–Crippen LogP) is 14.5. The molecule has 0 fully saturated rings. The van der Waals surface area contributed by atoms with Crippen LogP contribution in [0.4, 0.5) is 0 Å². The minimum Gasteiger partial charge on any atom is -0.455 e. The van der Waals surface area contributed by atoms with Gasteiger partial charge in [0.2, 0.25) is 0 Å². The molecule has 13 aromatic rings. The maximum absolute atomic E-state index is 6.89. The molecule has 10 aromatic carbocycles. The number of hydrogen-bond acceptors (Lipinski definition) is 4. The van der Waals surface area contributed by atoms with E-state index in [1.54, 1.807) is 0 Å². The van der Waals surface area contributed by atoms with Crippen molar-refractivity contribution in [3.05, 3.63) is 194 Å². The highest BCUT2D eigenvalue weighted by molar-refractivity contribution is 6.22. The first-order valence-electron chi connectivity index (χ1n) is 20.3. The van der Waals surface area contributed by atoms with Crippen LogP contribution in [0.25, 0.3) is 127 Å². The van der Waals surface area contributed by atoms with Crippen molar-refractivity contribution < 1.29 is 4.42 Å². The normalized spacial score (nSPS) is 12.0. The Hall–Kier alpha value is -8.15. The third kappa shape index (κ3) is 5.03. The van der Waals surface area contributed by atoms with E-state index >= 15 is 0 Å². The monoisotopic (exact) mass is 764 g/mol. The number of nitrogens with zero attached hydrogens (tertiary/aromatic N) is 4. The van der Waals surface area contributed by atoms with Crippen LogP contribution in [0, 0.1) is 0 Å². The molecule has 0 aliphatic carbocycles. The summed E-state index contributed by atoms with van der Waals surface area (Å²) in [7, 11) is 0. The summed E-state index contributed by atoms with van der Waals surface area (Å²) in [5, 5.41) is 13.6. The van der Waals surface area contributed by atoms with Gasteiger partial charge >= 0.3 is 0 Å². The Morgan fingerprint density at radius 3 is 1.58 bits per heavy atom. The van der Waals surface area contributed by atoms with Crippen LogP contribution in [-0.4, -0.2) is 19.5 Å². The standard InChI is InChI=1S/C55H32N4O/c1-2-13-34(14-3-1)53-56-54(41-23-22-33-12-4-5-15-35(33)26-41)58-55(57-53)47-29-40-20-10-11-21-43(40)52-51(47)46-32-42(24-25-50(46)60-52)59-48-30-38-18-8-6-16-36(38)27-44(48)45-28-37-17-7-9-19-39(37)31-49(45)59/h1-32H. The summed E-state index contributed by atoms with van der Waals surface area (Å²) in [6.45, 7) is 0. The molecule has 3 heterocycles. The maximum atomic E-state index is 6.89. The summed E-state index contributed by atoms with van der Waals surface area (Å²) >= 11 is 0. The van der Waals surface area contributed by atoms with Gasteiger partial charge in [0.15, 0.2) is 17.5 Å². The Bertz CT molecular complexity index is 3810. The van der Waals surface area contributed by atoms with Crippen molar-refractivity contribution in [2.24, 2.45) is 0 Å². The fourth-order valence-corrected chi connectivity index (χ4v) is 9.25. The van der Waals surface area contributed by atoms with Gasteiger partial charge in [-0.25, -0.2) is 15.0 Å². The van der Waals surface area contributed by atoms with Gasteiger partial charge in [-0.1, -0.05) is 140 Å². The molecule has 0 bridgehead atoms. The molecule has 5 nitrogen and oxygen atoms in total. The molecule has 5 heteroatoms. The highest BCUT2D eigenvalue weighted by Crippen LogP contribution is 2.43. The first kappa shape index (κ1) is 32.9. The average molecular weight is 765 g/mol. The second-order valence-corrected chi connectivity index (χ2v) is 15.6. The fourth-order valence-electron chi connectivity index (χ4n) is 9.25. The number of furan rings is 1. The van der Waals surface area contributed by atoms with Crippen LogP contribution in [0.5, 0.6) is 0 Å². The van der Waals surface area contributed by atoms with E-state index in [1.165, 1.54) is 37.7 Å². The van der Waals surface area contributed by atoms with Crippen molar-refractivity contribution in [2.75, 3.05) is 0 Å². The molecule has 0 aliphatic rings. The summed E-state index contributed by atoms with van der Waals surface area (Å²) in [6, 6.07) is 68.7. The lowest BCUT2D eigenvalue weighted by atomic mass is 9.99. The zero-order chi connectivity index (χ0) is 39.3. The molecule has 0 unspecified atom stereocenters. The first-order chi connectivity index (χ1) is 29.7. The molecule has 0 saturated heterocycles. The second kappa shape index (κ2) is 12.7. The van der Waals surface area contributed by atoms with E-state index < -0.39 is 0 Å². The molecule has 0 aliphatic heterocycles. The quantitative estimate of drug-likeness (QED) is 0.179. The van der Waals surface area contributed by atoms with E-state index in [0.717, 1.165) is 71.5 Å². The largest absolute Gasteiger partial charge is 0.455 e. The number of hydrogen-bond donors (Lipinski definition) is 0. The third-order valence-electron chi connectivity index (χ3n) is 12.1. The summed E-state index contributed by atoms with van der Waals surface area (Å²) in [5.41, 5.74) is 7.71. The van der Waals surface area contributed by atoms with Crippen molar-refractivity contribution in [1.29, 1.82) is 0 Å². The van der Waals surface area contributed by atoms with Gasteiger partial charge in [0.1, 0.15) is 11.2 Å². The number of aromatic nitrogens is 4. The van der Waals surface area contributed by atoms with Crippen LogP contribution in [0.15, 0.2) is 199 Å². The van der Waals surface area contributed by atoms with Crippen LogP contribution in [0.1, 0.15) is 0 Å². The van der Waals surface area contributed by atoms with Crippen LogP contribution < -0.4 is 0 Å². The minimum absolute atomic E-state index is 0.589. The van der Waals surface area contributed by atoms with Crippen molar-refractivity contribution in [3.8, 4) is 39.9 Å². The van der Waals surface area contributed by atoms with E-state index in [4.69, 9.17) is 19.4 Å². The molecule has 0 saturated carbocycles. The zero-order valence-corrected chi connectivity index (χ0v) is 32.2. The summed E-state index contributed by atoms with van der Waals surface area (Å²) in [6.07, 6.45) is 0. The van der Waals surface area contributed by atoms with E-state index in [2.05, 4.69) is 180 Å². The van der Waals surface area contributed by atoms with E-state index in [1.807, 2.05) is 18.2 Å². The highest BCUT2D eigenvalue weighted by atomic mass is 16.3. The molecule has 0 spiro atoms. The Morgan fingerprint density at radius 1 is 0.350 bits per heavy atom. The smallest absolute Gasteiger partial charge is 0.164 e. The van der Waals surface area contributed by atoms with Crippen molar-refractivity contribution in [1.82, 2.24) is 19.5 Å². The molecule has 278 valence electrons. The Labute approximate surface area is 343 Å². The van der Waals surface area contributed by atoms with Crippen LogP contribution in [0.2, 0.25) is 0 Å². The minimum atomic E-state index is 0.589. The summed E-state index contributed by atoms with van der Waals surface area (Å²) in [4.78, 5) is 15.6. The molecule has 60 heavy (non-hydrogen) atoms.